The normalized spacial score (nSPS) is 40.5. The quantitative estimate of drug-likeness (QED) is 0.198. The molecule has 2 heterocycles. The van der Waals surface area contributed by atoms with Crippen LogP contribution in [0.5, 0.6) is 0 Å². The van der Waals surface area contributed by atoms with Crippen LogP contribution in [0.2, 0.25) is 18.1 Å². The maximum absolute atomic E-state index is 14.2. The summed E-state index contributed by atoms with van der Waals surface area (Å²) in [5.74, 6) is -3.06. The van der Waals surface area contributed by atoms with Gasteiger partial charge in [-0.05, 0) is 62.2 Å². The smallest absolute Gasteiger partial charge is 0.338 e. The lowest BCUT2D eigenvalue weighted by atomic mass is 9.44. The molecule has 10 nitrogen and oxygen atoms in total. The number of esters is 2. The SMILES string of the molecule is CC[Si](CC)(CC)O[C@H]1C[C@H]2OC[C@@]2(OC(C)=O)[C@H]2[C@H](OC(=O)c3ccccc3)[C@]3(O)C[C@H](O)C(C)=C([C@H]4OC(C)(C)O[C@H]4[C@]12C)C3(C)C. The van der Waals surface area contributed by atoms with E-state index in [0.29, 0.717) is 17.6 Å². The molecule has 5 aliphatic rings. The highest BCUT2D eigenvalue weighted by atomic mass is 28.4. The van der Waals surface area contributed by atoms with E-state index in [0.717, 1.165) is 23.7 Å². The van der Waals surface area contributed by atoms with Gasteiger partial charge in [-0.25, -0.2) is 4.79 Å². The summed E-state index contributed by atoms with van der Waals surface area (Å²) < 4.78 is 40.6. The van der Waals surface area contributed by atoms with Gasteiger partial charge in [0.15, 0.2) is 19.7 Å². The fraction of sp³-hybridized carbons (Fsp3) is 0.737. The van der Waals surface area contributed by atoms with Gasteiger partial charge in [-0.1, -0.05) is 59.7 Å². The minimum absolute atomic E-state index is 0.0456. The molecule has 2 bridgehead atoms. The van der Waals surface area contributed by atoms with E-state index in [2.05, 4.69) is 27.7 Å². The van der Waals surface area contributed by atoms with Gasteiger partial charge in [0.05, 0.1) is 36.4 Å². The second-order valence-corrected chi connectivity index (χ2v) is 21.0. The third-order valence-electron chi connectivity index (χ3n) is 13.2. The van der Waals surface area contributed by atoms with Crippen LogP contribution >= 0.6 is 0 Å². The highest BCUT2D eigenvalue weighted by Gasteiger charge is 2.79. The molecule has 0 amide bonds. The van der Waals surface area contributed by atoms with Crippen molar-refractivity contribution < 1.29 is 47.9 Å². The Hall–Kier alpha value is -2.12. The second-order valence-electron chi connectivity index (χ2n) is 16.3. The Morgan fingerprint density at radius 1 is 1.00 bits per heavy atom. The molecule has 2 saturated heterocycles. The van der Waals surface area contributed by atoms with E-state index in [4.69, 9.17) is 28.1 Å². The number of fused-ring (bicyclic) bond motifs is 8. The van der Waals surface area contributed by atoms with E-state index in [1.165, 1.54) is 6.92 Å². The molecule has 0 unspecified atom stereocenters. The van der Waals surface area contributed by atoms with E-state index in [9.17, 15) is 19.8 Å². The Morgan fingerprint density at radius 2 is 1.63 bits per heavy atom. The molecule has 2 N–H and O–H groups in total. The van der Waals surface area contributed by atoms with Crippen molar-refractivity contribution in [1.82, 2.24) is 0 Å². The third kappa shape index (κ3) is 5.32. The predicted octanol–water partition coefficient (Wildman–Crippen LogP) is 5.70. The number of aliphatic hydroxyl groups excluding tert-OH is 1. The second kappa shape index (κ2) is 12.2. The van der Waals surface area contributed by atoms with Gasteiger partial charge in [0.1, 0.15) is 23.9 Å². The number of rotatable bonds is 8. The number of ether oxygens (including phenoxy) is 5. The Kier molecular flexibility index (Phi) is 9.16. The Labute approximate surface area is 291 Å². The van der Waals surface area contributed by atoms with Gasteiger partial charge < -0.3 is 38.3 Å². The minimum Gasteiger partial charge on any atom is -0.455 e. The van der Waals surface area contributed by atoms with Gasteiger partial charge in [-0.15, -0.1) is 0 Å². The average molecular weight is 701 g/mol. The lowest BCUT2D eigenvalue weighted by Gasteiger charge is -2.69. The van der Waals surface area contributed by atoms with Crippen molar-refractivity contribution in [2.45, 2.75) is 154 Å². The Balaban J connectivity index is 1.69. The van der Waals surface area contributed by atoms with Crippen LogP contribution in [0.3, 0.4) is 0 Å². The maximum Gasteiger partial charge on any atom is 0.338 e. The summed E-state index contributed by atoms with van der Waals surface area (Å²) >= 11 is 0. The third-order valence-corrected chi connectivity index (χ3v) is 17.9. The van der Waals surface area contributed by atoms with Crippen molar-refractivity contribution in [3.8, 4) is 0 Å². The number of aliphatic hydroxyl groups is 2. The molecule has 6 rings (SSSR count). The van der Waals surface area contributed by atoms with Gasteiger partial charge in [0.2, 0.25) is 0 Å². The highest BCUT2D eigenvalue weighted by Crippen LogP contribution is 2.67. The lowest BCUT2D eigenvalue weighted by molar-refractivity contribution is -0.361. The number of hydrogen-bond donors (Lipinski definition) is 2. The lowest BCUT2D eigenvalue weighted by Crippen LogP contribution is -2.82. The zero-order chi connectivity index (χ0) is 35.9. The van der Waals surface area contributed by atoms with E-state index in [1.54, 1.807) is 24.3 Å². The van der Waals surface area contributed by atoms with Crippen molar-refractivity contribution in [2.24, 2.45) is 16.7 Å². The first-order valence-electron chi connectivity index (χ1n) is 18.1. The highest BCUT2D eigenvalue weighted by molar-refractivity contribution is 6.73. The van der Waals surface area contributed by atoms with Gasteiger partial charge in [-0.3, -0.25) is 4.79 Å². The molecule has 0 spiro atoms. The molecule has 49 heavy (non-hydrogen) atoms. The minimum atomic E-state index is -2.31. The van der Waals surface area contributed by atoms with Crippen molar-refractivity contribution in [2.75, 3.05) is 6.61 Å². The van der Waals surface area contributed by atoms with Crippen molar-refractivity contribution in [3.05, 3.63) is 47.0 Å². The molecule has 2 saturated carbocycles. The van der Waals surface area contributed by atoms with E-state index in [1.807, 2.05) is 40.7 Å². The molecule has 1 aromatic carbocycles. The maximum atomic E-state index is 14.2. The zero-order valence-electron chi connectivity index (χ0n) is 30.8. The molecule has 272 valence electrons. The van der Waals surface area contributed by atoms with E-state index in [-0.39, 0.29) is 13.0 Å². The average Bonchev–Trinajstić information content (AvgIpc) is 3.36. The molecule has 11 heteroatoms. The van der Waals surface area contributed by atoms with Crippen LogP contribution in [0.4, 0.5) is 0 Å². The molecule has 0 aromatic heterocycles. The van der Waals surface area contributed by atoms with E-state index < -0.39 is 90.6 Å². The molecular formula is C38H56O10Si. The van der Waals surface area contributed by atoms with Crippen molar-refractivity contribution in [1.29, 1.82) is 0 Å². The van der Waals surface area contributed by atoms with Crippen LogP contribution in [-0.2, 0) is 32.9 Å². The van der Waals surface area contributed by atoms with Crippen LogP contribution in [0.1, 0.15) is 92.4 Å². The van der Waals surface area contributed by atoms with Crippen LogP contribution in [0.15, 0.2) is 41.5 Å². The predicted molar refractivity (Wildman–Crippen MR) is 184 cm³/mol. The van der Waals surface area contributed by atoms with Crippen LogP contribution in [-0.4, -0.2) is 90.7 Å². The van der Waals surface area contributed by atoms with Gasteiger partial charge >= 0.3 is 11.9 Å². The zero-order valence-corrected chi connectivity index (χ0v) is 31.8. The summed E-state index contributed by atoms with van der Waals surface area (Å²) in [7, 11) is -2.31. The van der Waals surface area contributed by atoms with Crippen LogP contribution in [0, 0.1) is 16.7 Å². The summed E-state index contributed by atoms with van der Waals surface area (Å²) in [6.07, 6.45) is -4.49. The fourth-order valence-corrected chi connectivity index (χ4v) is 13.2. The van der Waals surface area contributed by atoms with Crippen molar-refractivity contribution in [3.63, 3.8) is 0 Å². The van der Waals surface area contributed by atoms with Crippen LogP contribution < -0.4 is 0 Å². The first-order valence-corrected chi connectivity index (χ1v) is 20.6. The number of carbonyl (C=O) groups excluding carboxylic acids is 2. The fourth-order valence-electron chi connectivity index (χ4n) is 10.2. The number of carbonyl (C=O) groups is 2. The molecule has 1 aromatic rings. The largest absolute Gasteiger partial charge is 0.455 e. The molecule has 2 aliphatic heterocycles. The molecular weight excluding hydrogens is 644 g/mol. The van der Waals surface area contributed by atoms with Gasteiger partial charge in [0, 0.05) is 30.6 Å². The number of hydrogen-bond acceptors (Lipinski definition) is 10. The monoisotopic (exact) mass is 700 g/mol. The topological polar surface area (TPSA) is 130 Å². The first-order chi connectivity index (χ1) is 22.9. The van der Waals surface area contributed by atoms with E-state index >= 15 is 0 Å². The van der Waals surface area contributed by atoms with Gasteiger partial charge in [-0.2, -0.15) is 0 Å². The summed E-state index contributed by atoms with van der Waals surface area (Å²) in [5.41, 5.74) is -3.53. The standard InChI is InChI=1S/C38H56O10Si/c1-11-49(12-2,13-3)48-26-19-27-37(21-43-27,45-23(5)39)30-32(44-33(41)24-17-15-14-16-18-24)38(42)20-25(40)22(4)28(34(38,6)7)29-31(36(26,30)10)47-35(8,9)46-29/h14-18,25-27,29-32,40,42H,11-13,19-21H2,1-10H3/t25-,26-,27+,29+,30-,31+,32-,36+,37-,38+/m0/s1. The Bertz CT molecular complexity index is 1480. The Morgan fingerprint density at radius 3 is 2.18 bits per heavy atom. The summed E-state index contributed by atoms with van der Waals surface area (Å²) in [4.78, 5) is 27.3. The molecule has 0 radical (unpaired) electrons. The first kappa shape index (κ1) is 36.7. The summed E-state index contributed by atoms with van der Waals surface area (Å²) in [6, 6.07) is 11.4. The van der Waals surface area contributed by atoms with Crippen molar-refractivity contribution >= 4 is 20.3 Å². The number of benzene rings is 1. The molecule has 10 atom stereocenters. The van der Waals surface area contributed by atoms with Crippen LogP contribution in [0.25, 0.3) is 0 Å². The molecule has 4 fully saturated rings. The summed E-state index contributed by atoms with van der Waals surface area (Å²) in [5, 5.41) is 25.2. The molecule has 3 aliphatic carbocycles. The summed E-state index contributed by atoms with van der Waals surface area (Å²) in [6.45, 7) is 19.5. The van der Waals surface area contributed by atoms with Gasteiger partial charge in [0.25, 0.3) is 0 Å².